The SMILES string of the molecule is N#[N+]c1ccc2cc(-c3cc([O-])c([N+]#N)c4ccccc34)ccc2c1[O-]. The predicted molar refractivity (Wildman–Crippen MR) is 95.3 cm³/mol. The highest BCUT2D eigenvalue weighted by Crippen LogP contribution is 2.41. The zero-order valence-electron chi connectivity index (χ0n) is 13.4. The molecule has 6 nitrogen and oxygen atoms in total. The Morgan fingerprint density at radius 3 is 2.23 bits per heavy atom. The zero-order chi connectivity index (χ0) is 18.3. The molecule has 0 aliphatic heterocycles. The molecule has 0 saturated heterocycles. The third kappa shape index (κ3) is 2.18. The van der Waals surface area contributed by atoms with Crippen molar-refractivity contribution >= 4 is 32.9 Å². The van der Waals surface area contributed by atoms with E-state index in [1.807, 2.05) is 12.1 Å². The minimum atomic E-state index is -0.389. The third-order valence-corrected chi connectivity index (χ3v) is 4.45. The molecule has 0 radical (unpaired) electrons. The van der Waals surface area contributed by atoms with E-state index in [1.54, 1.807) is 36.4 Å². The van der Waals surface area contributed by atoms with Crippen LogP contribution >= 0.6 is 0 Å². The van der Waals surface area contributed by atoms with Crippen LogP contribution < -0.4 is 10.2 Å². The first-order valence-electron chi connectivity index (χ1n) is 7.81. The Kier molecular flexibility index (Phi) is 3.39. The van der Waals surface area contributed by atoms with E-state index in [1.165, 1.54) is 12.1 Å². The van der Waals surface area contributed by atoms with Crippen molar-refractivity contribution in [3.05, 3.63) is 70.6 Å². The molecule has 6 heteroatoms. The van der Waals surface area contributed by atoms with E-state index in [9.17, 15) is 10.2 Å². The molecule has 0 fully saturated rings. The van der Waals surface area contributed by atoms with Crippen LogP contribution in [-0.2, 0) is 0 Å². The van der Waals surface area contributed by atoms with Crippen molar-refractivity contribution in [1.29, 1.82) is 10.8 Å². The van der Waals surface area contributed by atoms with Gasteiger partial charge in [-0.2, -0.15) is 0 Å². The largest absolute Gasteiger partial charge is 0.867 e. The second-order valence-corrected chi connectivity index (χ2v) is 5.87. The van der Waals surface area contributed by atoms with E-state index in [-0.39, 0.29) is 22.9 Å². The number of hydrogen-bond acceptors (Lipinski definition) is 4. The maximum absolute atomic E-state index is 12.3. The Balaban J connectivity index is 2.02. The van der Waals surface area contributed by atoms with Crippen LogP contribution in [0.3, 0.4) is 0 Å². The summed E-state index contributed by atoms with van der Waals surface area (Å²) in [6.45, 7) is 0. The maximum Gasteiger partial charge on any atom is 0.385 e. The van der Waals surface area contributed by atoms with Gasteiger partial charge in [0.25, 0.3) is 0 Å². The lowest BCUT2D eigenvalue weighted by Gasteiger charge is -2.13. The van der Waals surface area contributed by atoms with Gasteiger partial charge in [0.1, 0.15) is 0 Å². The summed E-state index contributed by atoms with van der Waals surface area (Å²) in [4.78, 5) is 6.11. The van der Waals surface area contributed by atoms with Crippen molar-refractivity contribution in [3.63, 3.8) is 0 Å². The fourth-order valence-corrected chi connectivity index (χ4v) is 3.21. The Labute approximate surface area is 147 Å². The minimum Gasteiger partial charge on any atom is -0.867 e. The summed E-state index contributed by atoms with van der Waals surface area (Å²) in [5.41, 5.74) is 1.42. The molecule has 26 heavy (non-hydrogen) atoms. The molecule has 4 rings (SSSR count). The number of benzene rings is 4. The first-order valence-corrected chi connectivity index (χ1v) is 7.81. The molecule has 0 spiro atoms. The van der Waals surface area contributed by atoms with Crippen LogP contribution in [0.25, 0.3) is 42.6 Å². The molecule has 0 aromatic heterocycles. The summed E-state index contributed by atoms with van der Waals surface area (Å²) in [7, 11) is 0. The smallest absolute Gasteiger partial charge is 0.385 e. The second kappa shape index (κ2) is 5.73. The Morgan fingerprint density at radius 2 is 1.50 bits per heavy atom. The van der Waals surface area contributed by atoms with Crippen molar-refractivity contribution in [2.75, 3.05) is 0 Å². The van der Waals surface area contributed by atoms with Gasteiger partial charge >= 0.3 is 11.4 Å². The van der Waals surface area contributed by atoms with Gasteiger partial charge in [0.2, 0.25) is 10.8 Å². The highest BCUT2D eigenvalue weighted by atomic mass is 16.3. The first-order chi connectivity index (χ1) is 12.6. The van der Waals surface area contributed by atoms with E-state index in [0.29, 0.717) is 21.7 Å². The monoisotopic (exact) mass is 338 g/mol. The highest BCUT2D eigenvalue weighted by Gasteiger charge is 2.17. The molecule has 0 atom stereocenters. The van der Waals surface area contributed by atoms with Crippen molar-refractivity contribution in [2.24, 2.45) is 0 Å². The van der Waals surface area contributed by atoms with Gasteiger partial charge in [0.15, 0.2) is 9.95 Å². The third-order valence-electron chi connectivity index (χ3n) is 4.45. The van der Waals surface area contributed by atoms with Gasteiger partial charge in [0, 0.05) is 6.07 Å². The molecule has 0 heterocycles. The summed E-state index contributed by atoms with van der Waals surface area (Å²) in [5, 5.41) is 45.0. The van der Waals surface area contributed by atoms with Crippen molar-refractivity contribution in [3.8, 4) is 22.6 Å². The van der Waals surface area contributed by atoms with Gasteiger partial charge in [-0.15, -0.1) is 0 Å². The number of rotatable bonds is 1. The molecule has 0 aliphatic rings. The lowest BCUT2D eigenvalue weighted by Crippen LogP contribution is -1.94. The fraction of sp³-hybridized carbons (Fsp3) is 0. The molecule has 0 N–H and O–H groups in total. The van der Waals surface area contributed by atoms with E-state index in [2.05, 4.69) is 9.95 Å². The molecule has 0 saturated carbocycles. The lowest BCUT2D eigenvalue weighted by molar-refractivity contribution is -0.266. The highest BCUT2D eigenvalue weighted by molar-refractivity contribution is 6.07. The molecular weight excluding hydrogens is 328 g/mol. The van der Waals surface area contributed by atoms with Crippen molar-refractivity contribution in [1.82, 2.24) is 0 Å². The summed E-state index contributed by atoms with van der Waals surface area (Å²) in [6, 6.07) is 16.9. The zero-order valence-corrected chi connectivity index (χ0v) is 13.4. The Morgan fingerprint density at radius 1 is 0.731 bits per heavy atom. The number of diazo groups is 2. The standard InChI is InChI=1S/C20H10N4O2/c21-23-17-8-6-11-9-12(5-7-13(11)20(17)26)16-10-18(25)19(24-22)15-4-2-1-3-14(15)16/h1-10H. The Hall–Kier alpha value is -4.16. The molecule has 122 valence electrons. The normalized spacial score (nSPS) is 10.5. The van der Waals surface area contributed by atoms with Gasteiger partial charge in [-0.25, -0.2) is 0 Å². The van der Waals surface area contributed by atoms with Crippen molar-refractivity contribution < 1.29 is 10.2 Å². The van der Waals surface area contributed by atoms with E-state index >= 15 is 0 Å². The summed E-state index contributed by atoms with van der Waals surface area (Å²) >= 11 is 0. The van der Waals surface area contributed by atoms with Crippen molar-refractivity contribution in [2.45, 2.75) is 0 Å². The number of nitrogens with zero attached hydrogens (tertiary/aromatic N) is 4. The van der Waals surface area contributed by atoms with E-state index < -0.39 is 0 Å². The van der Waals surface area contributed by atoms with Crippen LogP contribution in [0.4, 0.5) is 11.4 Å². The van der Waals surface area contributed by atoms with E-state index in [0.717, 1.165) is 10.9 Å². The molecule has 0 aliphatic carbocycles. The molecule has 0 bridgehead atoms. The van der Waals surface area contributed by atoms with Gasteiger partial charge in [-0.1, -0.05) is 36.4 Å². The molecular formula is C20H10N4O2. The number of hydrogen-bond donors (Lipinski definition) is 0. The number of fused-ring (bicyclic) bond motifs is 2. The van der Waals surface area contributed by atoms with Crippen LogP contribution in [0.15, 0.2) is 60.7 Å². The summed E-state index contributed by atoms with van der Waals surface area (Å²) < 4.78 is 0. The summed E-state index contributed by atoms with van der Waals surface area (Å²) in [6.07, 6.45) is 0. The predicted octanol–water partition coefficient (Wildman–Crippen LogP) is 4.78. The second-order valence-electron chi connectivity index (χ2n) is 5.87. The van der Waals surface area contributed by atoms with Crippen LogP contribution in [0.1, 0.15) is 0 Å². The molecule has 0 amide bonds. The molecule has 4 aromatic rings. The van der Waals surface area contributed by atoms with Crippen LogP contribution in [-0.4, -0.2) is 0 Å². The van der Waals surface area contributed by atoms with Crippen LogP contribution in [0.5, 0.6) is 11.5 Å². The lowest BCUT2D eigenvalue weighted by atomic mass is 9.94. The van der Waals surface area contributed by atoms with Gasteiger partial charge in [-0.3, -0.25) is 0 Å². The minimum absolute atomic E-state index is 0.00110. The maximum atomic E-state index is 12.3. The first kappa shape index (κ1) is 15.4. The molecule has 0 unspecified atom stereocenters. The average molecular weight is 338 g/mol. The Bertz CT molecular complexity index is 1280. The van der Waals surface area contributed by atoms with Crippen LogP contribution in [0.2, 0.25) is 0 Å². The van der Waals surface area contributed by atoms with E-state index in [4.69, 9.17) is 10.8 Å². The summed E-state index contributed by atoms with van der Waals surface area (Å²) in [5.74, 6) is -0.749. The van der Waals surface area contributed by atoms with Crippen LogP contribution in [0, 0.1) is 10.8 Å². The van der Waals surface area contributed by atoms with Gasteiger partial charge < -0.3 is 10.2 Å². The average Bonchev–Trinajstić information content (AvgIpc) is 2.67. The van der Waals surface area contributed by atoms with Gasteiger partial charge in [-0.05, 0) is 57.0 Å². The fourth-order valence-electron chi connectivity index (χ4n) is 3.21. The molecule has 4 aromatic carbocycles. The van der Waals surface area contributed by atoms with Gasteiger partial charge in [0.05, 0.1) is 5.39 Å². The topological polar surface area (TPSA) is 102 Å². The quantitative estimate of drug-likeness (QED) is 0.466.